The molecule has 0 unspecified atom stereocenters. The maximum absolute atomic E-state index is 13.5. The maximum Gasteiger partial charge on any atom is 0.326 e. The van der Waals surface area contributed by atoms with Gasteiger partial charge in [0.05, 0.1) is 0 Å². The van der Waals surface area contributed by atoms with Crippen LogP contribution in [0.1, 0.15) is 36.5 Å². The molecule has 148 valence electrons. The Morgan fingerprint density at radius 1 is 1.03 bits per heavy atom. The molecule has 6 nitrogen and oxygen atoms in total. The third-order valence-electron chi connectivity index (χ3n) is 6.50. The zero-order chi connectivity index (χ0) is 20.2. The van der Waals surface area contributed by atoms with Crippen molar-refractivity contribution in [1.82, 2.24) is 10.2 Å². The van der Waals surface area contributed by atoms with E-state index in [1.165, 1.54) is 0 Å². The van der Waals surface area contributed by atoms with Crippen molar-refractivity contribution in [3.63, 3.8) is 0 Å². The Balaban J connectivity index is 1.46. The van der Waals surface area contributed by atoms with E-state index >= 15 is 0 Å². The third kappa shape index (κ3) is 2.51. The first-order chi connectivity index (χ1) is 14.0. The fourth-order valence-electron chi connectivity index (χ4n) is 5.03. The second-order valence-corrected chi connectivity index (χ2v) is 8.07. The Morgan fingerprint density at radius 2 is 1.76 bits per heavy atom. The lowest BCUT2D eigenvalue weighted by atomic mass is 9.76. The number of nitrogens with zero attached hydrogens (tertiary/aromatic N) is 2. The summed E-state index contributed by atoms with van der Waals surface area (Å²) in [5.41, 5.74) is 2.88. The molecular formula is C23H23N3O3. The smallest absolute Gasteiger partial charge is 0.319 e. The van der Waals surface area contributed by atoms with Crippen molar-refractivity contribution in [2.75, 3.05) is 11.4 Å². The Bertz CT molecular complexity index is 1030. The van der Waals surface area contributed by atoms with Gasteiger partial charge in [0.1, 0.15) is 11.6 Å². The van der Waals surface area contributed by atoms with E-state index in [0.29, 0.717) is 13.0 Å². The molecule has 2 aliphatic heterocycles. The summed E-state index contributed by atoms with van der Waals surface area (Å²) in [5.74, 6) is -0.539. The van der Waals surface area contributed by atoms with Gasteiger partial charge in [-0.3, -0.25) is 9.59 Å². The lowest BCUT2D eigenvalue weighted by Gasteiger charge is -2.34. The average molecular weight is 389 g/mol. The van der Waals surface area contributed by atoms with E-state index in [9.17, 15) is 14.4 Å². The van der Waals surface area contributed by atoms with Crippen LogP contribution in [0.5, 0.6) is 0 Å². The van der Waals surface area contributed by atoms with E-state index in [4.69, 9.17) is 0 Å². The SMILES string of the molecule is C[C@@H](C(=O)N1CCc2ccccc21)N1C(=O)N[C@@]2(CCCc3ccccc32)C1=O. The van der Waals surface area contributed by atoms with Crippen molar-refractivity contribution in [1.29, 1.82) is 0 Å². The standard InChI is InChI=1S/C23H23N3O3/c1-15(20(27)25-14-12-17-8-3-5-11-19(17)25)26-21(28)23(24-22(26)29)13-6-9-16-7-2-4-10-18(16)23/h2-5,7-8,10-11,15H,6,9,12-14H2,1H3,(H,24,29)/t15-,23+/m0/s1. The zero-order valence-corrected chi connectivity index (χ0v) is 16.4. The second kappa shape index (κ2) is 6.44. The van der Waals surface area contributed by atoms with Gasteiger partial charge in [0.2, 0.25) is 5.91 Å². The number of hydrogen-bond acceptors (Lipinski definition) is 3. The minimum absolute atomic E-state index is 0.223. The number of imide groups is 1. The number of aryl methyl sites for hydroxylation is 1. The van der Waals surface area contributed by atoms with Crippen molar-refractivity contribution in [2.45, 2.75) is 44.2 Å². The summed E-state index contributed by atoms with van der Waals surface area (Å²) in [7, 11) is 0. The van der Waals surface area contributed by atoms with E-state index in [-0.39, 0.29) is 11.8 Å². The number of para-hydroxylation sites is 1. The molecular weight excluding hydrogens is 366 g/mol. The van der Waals surface area contributed by atoms with Crippen molar-refractivity contribution in [2.24, 2.45) is 0 Å². The molecule has 1 aliphatic carbocycles. The summed E-state index contributed by atoms with van der Waals surface area (Å²) in [5, 5.41) is 2.94. The van der Waals surface area contributed by atoms with Crippen LogP contribution in [0, 0.1) is 0 Å². The number of carbonyl (C=O) groups is 3. The van der Waals surface area contributed by atoms with Crippen LogP contribution < -0.4 is 10.2 Å². The number of amides is 4. The van der Waals surface area contributed by atoms with Crippen molar-refractivity contribution < 1.29 is 14.4 Å². The van der Waals surface area contributed by atoms with Crippen LogP contribution in [-0.4, -0.2) is 35.3 Å². The number of urea groups is 1. The van der Waals surface area contributed by atoms with Gasteiger partial charge in [0.25, 0.3) is 5.91 Å². The molecule has 29 heavy (non-hydrogen) atoms. The largest absolute Gasteiger partial charge is 0.326 e. The van der Waals surface area contributed by atoms with Crippen LogP contribution in [0.25, 0.3) is 0 Å². The minimum atomic E-state index is -1.05. The number of anilines is 1. The predicted octanol–water partition coefficient (Wildman–Crippen LogP) is 2.75. The lowest BCUT2D eigenvalue weighted by molar-refractivity contribution is -0.137. The summed E-state index contributed by atoms with van der Waals surface area (Å²) in [4.78, 5) is 42.5. The molecule has 0 radical (unpaired) electrons. The molecule has 1 fully saturated rings. The molecule has 5 rings (SSSR count). The Hall–Kier alpha value is -3.15. The molecule has 0 saturated carbocycles. The first kappa shape index (κ1) is 17.9. The summed E-state index contributed by atoms with van der Waals surface area (Å²) in [6, 6.07) is 14.2. The number of rotatable bonds is 2. The quantitative estimate of drug-likeness (QED) is 0.803. The van der Waals surface area contributed by atoms with E-state index in [2.05, 4.69) is 5.32 Å². The average Bonchev–Trinajstić information content (AvgIpc) is 3.27. The Labute approximate surface area is 169 Å². The molecule has 0 aromatic heterocycles. The number of fused-ring (bicyclic) bond motifs is 3. The third-order valence-corrected chi connectivity index (χ3v) is 6.50. The number of benzene rings is 2. The van der Waals surface area contributed by atoms with Gasteiger partial charge in [0, 0.05) is 12.2 Å². The molecule has 1 spiro atoms. The van der Waals surface area contributed by atoms with Gasteiger partial charge in [-0.05, 0) is 55.4 Å². The minimum Gasteiger partial charge on any atom is -0.319 e. The maximum atomic E-state index is 13.5. The molecule has 2 atom stereocenters. The molecule has 3 aliphatic rings. The van der Waals surface area contributed by atoms with Crippen molar-refractivity contribution in [3.05, 3.63) is 65.2 Å². The molecule has 2 aromatic carbocycles. The van der Waals surface area contributed by atoms with E-state index < -0.39 is 17.6 Å². The van der Waals surface area contributed by atoms with Gasteiger partial charge < -0.3 is 10.2 Å². The van der Waals surface area contributed by atoms with Gasteiger partial charge in [-0.1, -0.05) is 42.5 Å². The van der Waals surface area contributed by atoms with Crippen LogP contribution in [-0.2, 0) is 28.0 Å². The molecule has 0 bridgehead atoms. The number of hydrogen-bond donors (Lipinski definition) is 1. The molecule has 2 aromatic rings. The van der Waals surface area contributed by atoms with Gasteiger partial charge in [-0.25, -0.2) is 9.69 Å². The van der Waals surface area contributed by atoms with Gasteiger partial charge in [0.15, 0.2) is 0 Å². The van der Waals surface area contributed by atoms with Crippen molar-refractivity contribution in [3.8, 4) is 0 Å². The van der Waals surface area contributed by atoms with Crippen molar-refractivity contribution >= 4 is 23.5 Å². The van der Waals surface area contributed by atoms with Crippen LogP contribution in [0.4, 0.5) is 10.5 Å². The second-order valence-electron chi connectivity index (χ2n) is 8.07. The van der Waals surface area contributed by atoms with Gasteiger partial charge >= 0.3 is 6.03 Å². The normalized spacial score (nSPS) is 23.8. The first-order valence-corrected chi connectivity index (χ1v) is 10.2. The monoisotopic (exact) mass is 389 g/mol. The molecule has 4 amide bonds. The first-order valence-electron chi connectivity index (χ1n) is 10.2. The predicted molar refractivity (Wildman–Crippen MR) is 108 cm³/mol. The van der Waals surface area contributed by atoms with Crippen LogP contribution in [0.15, 0.2) is 48.5 Å². The van der Waals surface area contributed by atoms with Crippen LogP contribution in [0.3, 0.4) is 0 Å². The topological polar surface area (TPSA) is 69.7 Å². The molecule has 6 heteroatoms. The molecule has 2 heterocycles. The Kier molecular flexibility index (Phi) is 3.98. The number of carbonyl (C=O) groups excluding carboxylic acids is 3. The van der Waals surface area contributed by atoms with E-state index in [1.807, 2.05) is 48.5 Å². The van der Waals surface area contributed by atoms with Gasteiger partial charge in [-0.2, -0.15) is 0 Å². The fourth-order valence-corrected chi connectivity index (χ4v) is 5.03. The number of nitrogens with one attached hydrogen (secondary N) is 1. The Morgan fingerprint density at radius 3 is 2.59 bits per heavy atom. The van der Waals surface area contributed by atoms with Crippen LogP contribution in [0.2, 0.25) is 0 Å². The highest BCUT2D eigenvalue weighted by atomic mass is 16.2. The summed E-state index contributed by atoms with van der Waals surface area (Å²) >= 11 is 0. The van der Waals surface area contributed by atoms with E-state index in [1.54, 1.807) is 11.8 Å². The fraction of sp³-hybridized carbons (Fsp3) is 0.348. The summed E-state index contributed by atoms with van der Waals surface area (Å²) in [6.45, 7) is 2.22. The highest BCUT2D eigenvalue weighted by Crippen LogP contribution is 2.40. The lowest BCUT2D eigenvalue weighted by Crippen LogP contribution is -2.51. The zero-order valence-electron chi connectivity index (χ0n) is 16.4. The highest BCUT2D eigenvalue weighted by molar-refractivity contribution is 6.12. The summed E-state index contributed by atoms with van der Waals surface area (Å²) in [6.07, 6.45) is 3.05. The molecule has 1 N–H and O–H groups in total. The van der Waals surface area contributed by atoms with E-state index in [0.717, 1.165) is 46.5 Å². The van der Waals surface area contributed by atoms with Gasteiger partial charge in [-0.15, -0.1) is 0 Å². The summed E-state index contributed by atoms with van der Waals surface area (Å²) < 4.78 is 0. The van der Waals surface area contributed by atoms with Crippen LogP contribution >= 0.6 is 0 Å². The highest BCUT2D eigenvalue weighted by Gasteiger charge is 2.56. The molecule has 1 saturated heterocycles.